The van der Waals surface area contributed by atoms with Crippen molar-refractivity contribution < 1.29 is 0 Å². The van der Waals surface area contributed by atoms with Gasteiger partial charge in [0.25, 0.3) is 0 Å². The molecular weight excluding hydrogens is 202 g/mol. The Balaban J connectivity index is 2.96. The third kappa shape index (κ3) is 3.03. The second-order valence-electron chi connectivity index (χ2n) is 5.03. The molecule has 1 nitrogen and oxygen atoms in total. The lowest BCUT2D eigenvalue weighted by molar-refractivity contribution is 0.590. The highest BCUT2D eigenvalue weighted by atomic mass is 32.1. The fourth-order valence-corrected chi connectivity index (χ4v) is 1.51. The molecule has 15 heavy (non-hydrogen) atoms. The van der Waals surface area contributed by atoms with E-state index >= 15 is 0 Å². The van der Waals surface area contributed by atoms with Crippen molar-refractivity contribution in [1.82, 2.24) is 4.90 Å². The van der Waals surface area contributed by atoms with Gasteiger partial charge in [-0.3, -0.25) is 0 Å². The maximum absolute atomic E-state index is 5.31. The second-order valence-corrected chi connectivity index (χ2v) is 5.41. The number of hydrogen-bond donors (Lipinski definition) is 0. The largest absolute Gasteiger partial charge is 0.368 e. The van der Waals surface area contributed by atoms with Gasteiger partial charge in [-0.05, 0) is 11.0 Å². The first kappa shape index (κ1) is 12.2. The summed E-state index contributed by atoms with van der Waals surface area (Å²) in [6.45, 7) is 6.64. The molecule has 0 saturated heterocycles. The van der Waals surface area contributed by atoms with E-state index in [1.54, 1.807) is 0 Å². The smallest absolute Gasteiger partial charge is 0.108 e. The molecule has 82 valence electrons. The van der Waals surface area contributed by atoms with E-state index in [1.807, 2.05) is 19.0 Å². The minimum Gasteiger partial charge on any atom is -0.368 e. The van der Waals surface area contributed by atoms with E-state index in [9.17, 15) is 0 Å². The van der Waals surface area contributed by atoms with E-state index in [-0.39, 0.29) is 5.41 Å². The van der Waals surface area contributed by atoms with Gasteiger partial charge in [0.2, 0.25) is 0 Å². The highest BCUT2D eigenvalue weighted by Gasteiger charge is 2.13. The van der Waals surface area contributed by atoms with E-state index in [0.717, 1.165) is 10.6 Å². The maximum atomic E-state index is 5.31. The molecule has 0 atom stereocenters. The van der Waals surface area contributed by atoms with E-state index < -0.39 is 0 Å². The quantitative estimate of drug-likeness (QED) is 0.670. The molecule has 0 spiro atoms. The molecule has 0 aliphatic rings. The van der Waals surface area contributed by atoms with Crippen LogP contribution in [-0.2, 0) is 5.41 Å². The first-order chi connectivity index (χ1) is 6.82. The first-order valence-corrected chi connectivity index (χ1v) is 5.55. The Morgan fingerprint density at radius 3 is 1.87 bits per heavy atom. The number of thiocarbonyl (C=S) groups is 1. The summed E-state index contributed by atoms with van der Waals surface area (Å²) in [7, 11) is 3.94. The van der Waals surface area contributed by atoms with Gasteiger partial charge in [-0.15, -0.1) is 0 Å². The number of nitrogens with zero attached hydrogens (tertiary/aromatic N) is 1. The van der Waals surface area contributed by atoms with Crippen LogP contribution in [0.4, 0.5) is 0 Å². The van der Waals surface area contributed by atoms with Crippen LogP contribution in [0.3, 0.4) is 0 Å². The summed E-state index contributed by atoms with van der Waals surface area (Å²) in [5.41, 5.74) is 2.66. The highest BCUT2D eigenvalue weighted by Crippen LogP contribution is 2.22. The molecule has 0 bridgehead atoms. The summed E-state index contributed by atoms with van der Waals surface area (Å²) in [5, 5.41) is 0. The Morgan fingerprint density at radius 1 is 1.07 bits per heavy atom. The van der Waals surface area contributed by atoms with Gasteiger partial charge in [-0.25, -0.2) is 0 Å². The van der Waals surface area contributed by atoms with Crippen molar-refractivity contribution in [3.8, 4) is 0 Å². The van der Waals surface area contributed by atoms with Gasteiger partial charge >= 0.3 is 0 Å². The van der Waals surface area contributed by atoms with Crippen LogP contribution < -0.4 is 0 Å². The summed E-state index contributed by atoms with van der Waals surface area (Å²) in [5.74, 6) is 0. The molecule has 0 heterocycles. The average molecular weight is 221 g/mol. The zero-order valence-electron chi connectivity index (χ0n) is 10.2. The monoisotopic (exact) mass is 221 g/mol. The molecule has 1 aromatic rings. The van der Waals surface area contributed by atoms with Crippen molar-refractivity contribution >= 4 is 17.2 Å². The van der Waals surface area contributed by atoms with Gasteiger partial charge < -0.3 is 4.90 Å². The molecule has 0 amide bonds. The highest BCUT2D eigenvalue weighted by molar-refractivity contribution is 7.80. The van der Waals surface area contributed by atoms with Crippen molar-refractivity contribution in [1.29, 1.82) is 0 Å². The predicted octanol–water partition coefficient (Wildman–Crippen LogP) is 3.22. The zero-order valence-corrected chi connectivity index (χ0v) is 11.0. The normalized spacial score (nSPS) is 11.3. The van der Waals surface area contributed by atoms with E-state index in [0.29, 0.717) is 0 Å². The molecule has 1 rings (SSSR count). The predicted molar refractivity (Wildman–Crippen MR) is 70.5 cm³/mol. The molecule has 0 aliphatic carbocycles. The Bertz CT molecular complexity index is 344. The maximum Gasteiger partial charge on any atom is 0.108 e. The molecule has 0 N–H and O–H groups in total. The van der Waals surface area contributed by atoms with Crippen molar-refractivity contribution in [3.63, 3.8) is 0 Å². The lowest BCUT2D eigenvalue weighted by atomic mass is 9.87. The molecule has 1 aromatic carbocycles. The second kappa shape index (κ2) is 4.31. The lowest BCUT2D eigenvalue weighted by Gasteiger charge is -2.20. The van der Waals surface area contributed by atoms with Crippen LogP contribution in [0.15, 0.2) is 24.3 Å². The first-order valence-electron chi connectivity index (χ1n) is 5.14. The van der Waals surface area contributed by atoms with Crippen molar-refractivity contribution in [3.05, 3.63) is 35.4 Å². The van der Waals surface area contributed by atoms with Gasteiger partial charge in [-0.2, -0.15) is 0 Å². The van der Waals surface area contributed by atoms with Crippen LogP contribution in [0.1, 0.15) is 31.9 Å². The lowest BCUT2D eigenvalue weighted by Crippen LogP contribution is -2.20. The van der Waals surface area contributed by atoms with Crippen molar-refractivity contribution in [2.45, 2.75) is 26.2 Å². The molecule has 0 aliphatic heterocycles. The molecular formula is C13H19NS. The molecule has 2 heteroatoms. The summed E-state index contributed by atoms with van der Waals surface area (Å²) >= 11 is 5.31. The fraction of sp³-hybridized carbons (Fsp3) is 0.462. The van der Waals surface area contributed by atoms with Gasteiger partial charge in [-0.1, -0.05) is 57.3 Å². The molecule has 0 unspecified atom stereocenters. The number of rotatable bonds is 1. The van der Waals surface area contributed by atoms with Crippen molar-refractivity contribution in [2.24, 2.45) is 0 Å². The number of benzene rings is 1. The van der Waals surface area contributed by atoms with E-state index in [2.05, 4.69) is 45.0 Å². The third-order valence-corrected chi connectivity index (χ3v) is 3.00. The Hall–Kier alpha value is -0.890. The summed E-state index contributed by atoms with van der Waals surface area (Å²) < 4.78 is 0. The Labute approximate surface area is 98.1 Å². The summed E-state index contributed by atoms with van der Waals surface area (Å²) in [6.07, 6.45) is 0. The number of hydrogen-bond acceptors (Lipinski definition) is 1. The van der Waals surface area contributed by atoms with Crippen LogP contribution in [0.25, 0.3) is 0 Å². The SMILES string of the molecule is CN(C)C(=S)c1ccc(C(C)(C)C)cc1. The van der Waals surface area contributed by atoms with E-state index in [1.165, 1.54) is 5.56 Å². The van der Waals surface area contributed by atoms with Gasteiger partial charge in [0, 0.05) is 19.7 Å². The summed E-state index contributed by atoms with van der Waals surface area (Å²) in [6, 6.07) is 8.52. The topological polar surface area (TPSA) is 3.24 Å². The van der Waals surface area contributed by atoms with Gasteiger partial charge in [0.1, 0.15) is 4.99 Å². The molecule has 0 fully saturated rings. The van der Waals surface area contributed by atoms with Crippen molar-refractivity contribution in [2.75, 3.05) is 14.1 Å². The molecule has 0 radical (unpaired) electrons. The minimum absolute atomic E-state index is 0.207. The zero-order chi connectivity index (χ0) is 11.6. The van der Waals surface area contributed by atoms with Crippen LogP contribution in [0.5, 0.6) is 0 Å². The van der Waals surface area contributed by atoms with E-state index in [4.69, 9.17) is 12.2 Å². The summed E-state index contributed by atoms with van der Waals surface area (Å²) in [4.78, 5) is 2.84. The van der Waals surface area contributed by atoms with Crippen LogP contribution in [-0.4, -0.2) is 24.0 Å². The standard InChI is InChI=1S/C13H19NS/c1-13(2,3)11-8-6-10(7-9-11)12(15)14(4)5/h6-9H,1-5H3. The Kier molecular flexibility index (Phi) is 3.50. The average Bonchev–Trinajstić information content (AvgIpc) is 2.15. The van der Waals surface area contributed by atoms with Gasteiger partial charge in [0.05, 0.1) is 0 Å². The van der Waals surface area contributed by atoms with Crippen LogP contribution >= 0.6 is 12.2 Å². The van der Waals surface area contributed by atoms with Crippen LogP contribution in [0.2, 0.25) is 0 Å². The fourth-order valence-electron chi connectivity index (χ4n) is 1.37. The Morgan fingerprint density at radius 2 is 1.53 bits per heavy atom. The third-order valence-electron chi connectivity index (χ3n) is 2.40. The van der Waals surface area contributed by atoms with Gasteiger partial charge in [0.15, 0.2) is 0 Å². The molecule has 0 saturated carbocycles. The van der Waals surface area contributed by atoms with Crippen LogP contribution in [0, 0.1) is 0 Å². The minimum atomic E-state index is 0.207. The molecule has 0 aromatic heterocycles.